The average molecular weight is 482 g/mol. The molecule has 0 unspecified atom stereocenters. The van der Waals surface area contributed by atoms with E-state index in [0.717, 1.165) is 0 Å². The van der Waals surface area contributed by atoms with Crippen LogP contribution >= 0.6 is 0 Å². The molecule has 0 bridgehead atoms. The number of aliphatic carboxylic acids is 2. The SMILES string of the molecule is CC(C)(C)C(=O)O.CC(C)(C)C(=O)O.[Ti+2].c1ccc2[cH-]ccc2c1.c1ccc2[cH-]ccc2c1. The van der Waals surface area contributed by atoms with Crippen LogP contribution in [0.25, 0.3) is 21.5 Å². The van der Waals surface area contributed by atoms with Gasteiger partial charge < -0.3 is 10.2 Å². The Hall–Kier alpha value is -2.69. The predicted octanol–water partition coefficient (Wildman–Crippen LogP) is 7.35. The van der Waals surface area contributed by atoms with E-state index in [-0.39, 0.29) is 21.7 Å². The number of hydrogen-bond acceptors (Lipinski definition) is 2. The normalized spacial score (nSPS) is 10.4. The smallest absolute Gasteiger partial charge is 0.481 e. The maximum absolute atomic E-state index is 10.0. The van der Waals surface area contributed by atoms with Crippen molar-refractivity contribution in [2.45, 2.75) is 41.5 Å². The van der Waals surface area contributed by atoms with Gasteiger partial charge in [0.2, 0.25) is 0 Å². The Balaban J connectivity index is 0.000000414. The molecule has 0 amide bonds. The number of benzene rings is 2. The van der Waals surface area contributed by atoms with E-state index in [4.69, 9.17) is 10.2 Å². The summed E-state index contributed by atoms with van der Waals surface area (Å²) in [7, 11) is 0. The molecule has 0 saturated carbocycles. The molecule has 0 saturated heterocycles. The summed E-state index contributed by atoms with van der Waals surface area (Å²) in [5.41, 5.74) is -1.17. The predicted molar refractivity (Wildman–Crippen MR) is 133 cm³/mol. The Morgan fingerprint density at radius 1 is 0.606 bits per heavy atom. The van der Waals surface area contributed by atoms with Gasteiger partial charge in [0, 0.05) is 0 Å². The zero-order valence-corrected chi connectivity index (χ0v) is 21.9. The zero-order chi connectivity index (χ0) is 24.4. The van der Waals surface area contributed by atoms with Crippen LogP contribution in [0.2, 0.25) is 0 Å². The molecule has 0 aliphatic carbocycles. The van der Waals surface area contributed by atoms with Gasteiger partial charge in [-0.3, -0.25) is 9.59 Å². The minimum Gasteiger partial charge on any atom is -0.481 e. The summed E-state index contributed by atoms with van der Waals surface area (Å²) in [5.74, 6) is -1.51. The molecule has 4 rings (SSSR count). The van der Waals surface area contributed by atoms with Crippen LogP contribution in [0.1, 0.15) is 41.5 Å². The molecule has 0 aliphatic rings. The van der Waals surface area contributed by atoms with Crippen LogP contribution in [-0.2, 0) is 31.3 Å². The summed E-state index contributed by atoms with van der Waals surface area (Å²) in [4.78, 5) is 20.0. The van der Waals surface area contributed by atoms with E-state index in [1.54, 1.807) is 41.5 Å². The number of carboxylic acids is 2. The Morgan fingerprint density at radius 3 is 1.12 bits per heavy atom. The van der Waals surface area contributed by atoms with Gasteiger partial charge in [-0.05, 0) is 41.5 Å². The van der Waals surface area contributed by atoms with Gasteiger partial charge in [-0.2, -0.15) is 35.0 Å². The van der Waals surface area contributed by atoms with Crippen LogP contribution in [0.3, 0.4) is 0 Å². The van der Waals surface area contributed by atoms with Gasteiger partial charge in [0.1, 0.15) is 0 Å². The van der Waals surface area contributed by atoms with Crippen molar-refractivity contribution in [3.8, 4) is 0 Å². The third kappa shape index (κ3) is 11.7. The van der Waals surface area contributed by atoms with Gasteiger partial charge in [-0.15, -0.1) is 59.3 Å². The van der Waals surface area contributed by atoms with Gasteiger partial charge in [-0.1, -0.05) is 12.1 Å². The van der Waals surface area contributed by atoms with Crippen LogP contribution in [0.5, 0.6) is 0 Å². The van der Waals surface area contributed by atoms with Crippen molar-refractivity contribution in [1.29, 1.82) is 0 Å². The molecule has 33 heavy (non-hydrogen) atoms. The maximum atomic E-state index is 10.0. The summed E-state index contributed by atoms with van der Waals surface area (Å²) < 4.78 is 0. The van der Waals surface area contributed by atoms with E-state index in [9.17, 15) is 9.59 Å². The number of hydrogen-bond donors (Lipinski definition) is 2. The molecule has 4 aromatic carbocycles. The standard InChI is InChI=1S/2C9H7.2C5H10O2.Ti/c2*1-2-5-9-7-3-6-8(9)4-1;2*1-5(2,3)4(6)7;/h2*1-7H;2*1-3H3,(H,6,7);/q2*-1;;;+2. The van der Waals surface area contributed by atoms with E-state index < -0.39 is 22.8 Å². The molecule has 0 atom stereocenters. The summed E-state index contributed by atoms with van der Waals surface area (Å²) in [6.07, 6.45) is 0. The quantitative estimate of drug-likeness (QED) is 0.203. The molecule has 5 heteroatoms. The zero-order valence-electron chi connectivity index (χ0n) is 20.3. The molecule has 0 aromatic heterocycles. The molecule has 2 N–H and O–H groups in total. The van der Waals surface area contributed by atoms with Gasteiger partial charge in [0.05, 0.1) is 10.8 Å². The summed E-state index contributed by atoms with van der Waals surface area (Å²) in [6, 6.07) is 29.3. The summed E-state index contributed by atoms with van der Waals surface area (Å²) in [6.45, 7) is 9.97. The van der Waals surface area contributed by atoms with Crippen LogP contribution in [0.4, 0.5) is 0 Å². The minimum atomic E-state index is -0.757. The second-order valence-electron chi connectivity index (χ2n) is 9.42. The first kappa shape index (κ1) is 30.3. The van der Waals surface area contributed by atoms with Crippen molar-refractivity contribution >= 4 is 33.5 Å². The Kier molecular flexibility index (Phi) is 12.6. The van der Waals surface area contributed by atoms with Crippen molar-refractivity contribution in [2.75, 3.05) is 0 Å². The second kappa shape index (κ2) is 13.8. The fourth-order valence-corrected chi connectivity index (χ4v) is 2.14. The fourth-order valence-electron chi connectivity index (χ4n) is 2.14. The summed E-state index contributed by atoms with van der Waals surface area (Å²) in [5, 5.41) is 21.8. The third-order valence-electron chi connectivity index (χ3n) is 4.38. The fraction of sp³-hybridized carbons (Fsp3) is 0.286. The van der Waals surface area contributed by atoms with Gasteiger partial charge in [0.25, 0.3) is 0 Å². The molecule has 0 heterocycles. The molecule has 0 fully saturated rings. The van der Waals surface area contributed by atoms with E-state index >= 15 is 0 Å². The van der Waals surface area contributed by atoms with Crippen LogP contribution < -0.4 is 0 Å². The molecular weight excluding hydrogens is 448 g/mol. The van der Waals surface area contributed by atoms with E-state index in [0.29, 0.717) is 0 Å². The molecule has 4 aromatic rings. The van der Waals surface area contributed by atoms with E-state index in [1.165, 1.54) is 21.5 Å². The number of carbonyl (C=O) groups is 2. The monoisotopic (exact) mass is 482 g/mol. The third-order valence-corrected chi connectivity index (χ3v) is 4.38. The Bertz CT molecular complexity index is 958. The minimum absolute atomic E-state index is 0. The maximum Gasteiger partial charge on any atom is 2.00 e. The molecule has 4 nitrogen and oxygen atoms in total. The van der Waals surface area contributed by atoms with Crippen molar-refractivity contribution in [1.82, 2.24) is 0 Å². The first-order chi connectivity index (χ1) is 14.8. The van der Waals surface area contributed by atoms with Gasteiger partial charge in [0.15, 0.2) is 0 Å². The van der Waals surface area contributed by atoms with Crippen LogP contribution in [-0.4, -0.2) is 22.2 Å². The van der Waals surface area contributed by atoms with Gasteiger partial charge in [-0.25, -0.2) is 0 Å². The van der Waals surface area contributed by atoms with E-state index in [1.807, 2.05) is 0 Å². The van der Waals surface area contributed by atoms with Crippen molar-refractivity contribution < 1.29 is 41.5 Å². The van der Waals surface area contributed by atoms with Crippen LogP contribution in [0.15, 0.2) is 84.9 Å². The van der Waals surface area contributed by atoms with Crippen molar-refractivity contribution in [2.24, 2.45) is 10.8 Å². The van der Waals surface area contributed by atoms with E-state index in [2.05, 4.69) is 84.9 Å². The number of rotatable bonds is 0. The topological polar surface area (TPSA) is 74.6 Å². The second-order valence-corrected chi connectivity index (χ2v) is 9.42. The van der Waals surface area contributed by atoms with Crippen LogP contribution in [0, 0.1) is 10.8 Å². The first-order valence-electron chi connectivity index (χ1n) is 10.5. The first-order valence-corrected chi connectivity index (χ1v) is 10.5. The average Bonchev–Trinajstić information content (AvgIpc) is 3.37. The Labute approximate surface area is 211 Å². The van der Waals surface area contributed by atoms with Crippen molar-refractivity contribution in [3.05, 3.63) is 84.9 Å². The number of carboxylic acid groups (broad SMARTS) is 2. The number of fused-ring (bicyclic) bond motifs is 2. The largest absolute Gasteiger partial charge is 2.00 e. The molecule has 0 radical (unpaired) electrons. The summed E-state index contributed by atoms with van der Waals surface area (Å²) >= 11 is 0. The Morgan fingerprint density at radius 2 is 0.879 bits per heavy atom. The molecular formula is C28H34O4Ti. The molecule has 0 spiro atoms. The van der Waals surface area contributed by atoms with Gasteiger partial charge >= 0.3 is 33.7 Å². The molecule has 0 aliphatic heterocycles. The molecule has 174 valence electrons. The van der Waals surface area contributed by atoms with Crippen molar-refractivity contribution in [3.63, 3.8) is 0 Å².